The number of carbonyl (C=O) groups excluding carboxylic acids is 1. The summed E-state index contributed by atoms with van der Waals surface area (Å²) < 4.78 is 10.9. The van der Waals surface area contributed by atoms with E-state index >= 15 is 0 Å². The van der Waals surface area contributed by atoms with Crippen molar-refractivity contribution in [1.29, 1.82) is 0 Å². The number of unbranched alkanes of at least 4 members (excludes halogenated alkanes) is 4. The Bertz CT molecular complexity index is 493. The van der Waals surface area contributed by atoms with E-state index in [9.17, 15) is 15.0 Å². The van der Waals surface area contributed by atoms with Crippen LogP contribution in [0.25, 0.3) is 0 Å². The Labute approximate surface area is 177 Å². The average molecular weight is 494 g/mol. The Morgan fingerprint density at radius 2 is 2.11 bits per heavy atom. The van der Waals surface area contributed by atoms with Gasteiger partial charge in [0.25, 0.3) is 5.79 Å². The van der Waals surface area contributed by atoms with E-state index in [1.165, 1.54) is 38.5 Å². The van der Waals surface area contributed by atoms with E-state index in [2.05, 4.69) is 46.4 Å². The highest BCUT2D eigenvalue weighted by Crippen LogP contribution is 2.46. The number of fused-ring (bicyclic) bond motifs is 1. The Morgan fingerprint density at radius 1 is 1.33 bits per heavy atom. The second-order valence-corrected chi connectivity index (χ2v) is 9.59. The number of methoxy groups -OCH3 is 1. The van der Waals surface area contributed by atoms with Gasteiger partial charge in [-0.25, -0.2) is 4.79 Å². The van der Waals surface area contributed by atoms with Crippen molar-refractivity contribution in [2.45, 2.75) is 93.1 Å². The number of aliphatic hydroxyl groups is 2. The van der Waals surface area contributed by atoms with Crippen molar-refractivity contribution in [3.05, 3.63) is 12.2 Å². The van der Waals surface area contributed by atoms with Crippen LogP contribution >= 0.6 is 22.6 Å². The van der Waals surface area contributed by atoms with Crippen LogP contribution in [0.1, 0.15) is 71.1 Å². The van der Waals surface area contributed by atoms with Crippen molar-refractivity contribution in [2.75, 3.05) is 7.11 Å². The molecule has 2 rings (SSSR count). The van der Waals surface area contributed by atoms with E-state index in [1.54, 1.807) is 0 Å². The van der Waals surface area contributed by atoms with E-state index in [1.807, 2.05) is 0 Å². The van der Waals surface area contributed by atoms with Gasteiger partial charge in [0.2, 0.25) is 0 Å². The normalized spacial score (nSPS) is 29.2. The predicted molar refractivity (Wildman–Crippen MR) is 114 cm³/mol. The number of hydrogen-bond acceptors (Lipinski definition) is 5. The van der Waals surface area contributed by atoms with E-state index in [-0.39, 0.29) is 16.4 Å². The van der Waals surface area contributed by atoms with Crippen molar-refractivity contribution in [3.8, 4) is 0 Å². The molecule has 0 aromatic rings. The Kier molecular flexibility index (Phi) is 9.52. The van der Waals surface area contributed by atoms with Crippen LogP contribution in [0, 0.1) is 11.8 Å². The summed E-state index contributed by atoms with van der Waals surface area (Å²) in [4.78, 5) is 11.4. The van der Waals surface area contributed by atoms with Crippen molar-refractivity contribution in [3.63, 3.8) is 0 Å². The van der Waals surface area contributed by atoms with Crippen LogP contribution in [0.3, 0.4) is 0 Å². The third-order valence-electron chi connectivity index (χ3n) is 5.96. The zero-order valence-electron chi connectivity index (χ0n) is 16.6. The molecule has 1 saturated heterocycles. The summed E-state index contributed by atoms with van der Waals surface area (Å²) in [5.41, 5.74) is 0. The highest BCUT2D eigenvalue weighted by molar-refractivity contribution is 14.1. The molecule has 0 spiro atoms. The molecule has 0 amide bonds. The minimum absolute atomic E-state index is 0.0381. The number of hydrogen-bond donors (Lipinski definition) is 2. The molecule has 1 saturated carbocycles. The van der Waals surface area contributed by atoms with Gasteiger partial charge in [-0.2, -0.15) is 0 Å². The fourth-order valence-electron chi connectivity index (χ4n) is 4.33. The van der Waals surface area contributed by atoms with Crippen molar-refractivity contribution in [1.82, 2.24) is 0 Å². The lowest BCUT2D eigenvalue weighted by atomic mass is 9.89. The maximum Gasteiger partial charge on any atom is 0.366 e. The molecule has 6 heteroatoms. The molecule has 2 aliphatic rings. The molecule has 0 unspecified atom stereocenters. The fourth-order valence-corrected chi connectivity index (χ4v) is 5.10. The summed E-state index contributed by atoms with van der Waals surface area (Å²) in [5, 5.41) is 19.6. The zero-order valence-corrected chi connectivity index (χ0v) is 18.8. The van der Waals surface area contributed by atoms with Gasteiger partial charge >= 0.3 is 5.97 Å². The van der Waals surface area contributed by atoms with Gasteiger partial charge in [-0.1, -0.05) is 60.9 Å². The molecule has 156 valence electrons. The third-order valence-corrected chi connectivity index (χ3v) is 7.38. The van der Waals surface area contributed by atoms with Gasteiger partial charge in [-0.15, -0.1) is 0 Å². The molecule has 2 fully saturated rings. The Balaban J connectivity index is 1.76. The maximum absolute atomic E-state index is 11.4. The van der Waals surface area contributed by atoms with Gasteiger partial charge in [-0.3, -0.25) is 0 Å². The summed E-state index contributed by atoms with van der Waals surface area (Å²) in [5.74, 6) is -2.22. The first kappa shape index (κ1) is 23.1. The van der Waals surface area contributed by atoms with E-state index < -0.39 is 11.8 Å². The zero-order chi connectivity index (χ0) is 19.9. The molecule has 0 aromatic heterocycles. The van der Waals surface area contributed by atoms with E-state index in [4.69, 9.17) is 4.74 Å². The highest BCUT2D eigenvalue weighted by atomic mass is 127. The smallest absolute Gasteiger partial charge is 0.366 e. The minimum Gasteiger partial charge on any atom is -0.465 e. The number of esters is 1. The summed E-state index contributed by atoms with van der Waals surface area (Å²) in [6.45, 7) is 2.24. The van der Waals surface area contributed by atoms with Crippen molar-refractivity contribution in [2.24, 2.45) is 11.8 Å². The topological polar surface area (TPSA) is 76.0 Å². The number of alkyl halides is 1. The van der Waals surface area contributed by atoms with Gasteiger partial charge < -0.3 is 19.7 Å². The molecule has 0 radical (unpaired) electrons. The number of halogens is 1. The molecule has 1 aliphatic heterocycles. The predicted octanol–water partition coefficient (Wildman–Crippen LogP) is 4.13. The van der Waals surface area contributed by atoms with Gasteiger partial charge in [0.05, 0.1) is 19.3 Å². The number of allylic oxidation sites excluding steroid dienone is 2. The molecule has 5 nitrogen and oxygen atoms in total. The van der Waals surface area contributed by atoms with Crippen LogP contribution in [0.4, 0.5) is 0 Å². The first-order valence-corrected chi connectivity index (χ1v) is 11.6. The molecule has 5 atom stereocenters. The molecule has 0 bridgehead atoms. The molecule has 1 aliphatic carbocycles. The van der Waals surface area contributed by atoms with Gasteiger partial charge in [-0.05, 0) is 50.4 Å². The van der Waals surface area contributed by atoms with Crippen LogP contribution in [-0.2, 0) is 14.3 Å². The third kappa shape index (κ3) is 6.68. The van der Waals surface area contributed by atoms with Crippen LogP contribution in [0.15, 0.2) is 12.2 Å². The molecular formula is C21H35IO5. The Hall–Kier alpha value is -0.180. The van der Waals surface area contributed by atoms with Gasteiger partial charge in [0, 0.05) is 10.3 Å². The lowest BCUT2D eigenvalue weighted by Crippen LogP contribution is -2.40. The van der Waals surface area contributed by atoms with Gasteiger partial charge in [0.1, 0.15) is 0 Å². The number of carbonyl (C=O) groups is 1. The number of ether oxygens (including phenoxy) is 2. The quantitative estimate of drug-likeness (QED) is 0.113. The lowest BCUT2D eigenvalue weighted by Gasteiger charge is -2.23. The van der Waals surface area contributed by atoms with Crippen LogP contribution < -0.4 is 0 Å². The highest BCUT2D eigenvalue weighted by Gasteiger charge is 2.45. The second-order valence-electron chi connectivity index (χ2n) is 7.99. The van der Waals surface area contributed by atoms with E-state index in [0.29, 0.717) is 24.4 Å². The van der Waals surface area contributed by atoms with Crippen LogP contribution in [0.2, 0.25) is 0 Å². The fraction of sp³-hybridized carbons (Fsp3) is 0.857. The van der Waals surface area contributed by atoms with E-state index in [0.717, 1.165) is 20.0 Å². The standard InChI is InChI=1S/C21H35IO5/c1-3-4-5-6-7-8-9-15-10-11-18-16(15)14-19(27-18)17(22)12-13-21(24,25)20(23)26-2/h8-9,15-19,24-25H,3-7,10-14H2,1-2H3/t15-,16+,17+,18+,19+/m0/s1. The molecule has 0 aromatic carbocycles. The molecule has 27 heavy (non-hydrogen) atoms. The SMILES string of the molecule is CCCCCCC=C[C@H]1CC[C@H]2O[C@@H]([C@H](I)CCC(O)(O)C(=O)OC)C[C@H]12. The largest absolute Gasteiger partial charge is 0.465 e. The molecular weight excluding hydrogens is 459 g/mol. The Morgan fingerprint density at radius 3 is 2.81 bits per heavy atom. The minimum atomic E-state index is -2.41. The maximum atomic E-state index is 11.4. The average Bonchev–Trinajstić information content (AvgIpc) is 3.23. The van der Waals surface area contributed by atoms with Crippen molar-refractivity contribution >= 4 is 28.6 Å². The summed E-state index contributed by atoms with van der Waals surface area (Å²) >= 11 is 2.32. The molecule has 2 N–H and O–H groups in total. The first-order valence-electron chi connectivity index (χ1n) is 10.4. The van der Waals surface area contributed by atoms with Crippen molar-refractivity contribution < 1.29 is 24.5 Å². The molecule has 1 heterocycles. The lowest BCUT2D eigenvalue weighted by molar-refractivity contribution is -0.209. The number of rotatable bonds is 11. The summed E-state index contributed by atoms with van der Waals surface area (Å²) in [6.07, 6.45) is 15.4. The monoisotopic (exact) mass is 494 g/mol. The first-order chi connectivity index (χ1) is 12.9. The summed E-state index contributed by atoms with van der Waals surface area (Å²) in [7, 11) is 1.16. The van der Waals surface area contributed by atoms with Crippen LogP contribution in [0.5, 0.6) is 0 Å². The summed E-state index contributed by atoms with van der Waals surface area (Å²) in [6, 6.07) is 0. The van der Waals surface area contributed by atoms with Gasteiger partial charge in [0.15, 0.2) is 0 Å². The second kappa shape index (κ2) is 11.1. The van der Waals surface area contributed by atoms with Crippen LogP contribution in [-0.4, -0.2) is 45.2 Å².